The maximum absolute atomic E-state index is 12.3. The quantitative estimate of drug-likeness (QED) is 0.664. The Morgan fingerprint density at radius 2 is 1.96 bits per heavy atom. The number of nitrogens with one attached hydrogen (secondary N) is 2. The molecule has 0 fully saturated rings. The van der Waals surface area contributed by atoms with Crippen LogP contribution in [0.25, 0.3) is 10.7 Å². The normalized spacial score (nSPS) is 10.5. The monoisotopic (exact) mass is 341 g/mol. The van der Waals surface area contributed by atoms with Crippen LogP contribution in [0.5, 0.6) is 0 Å². The summed E-state index contributed by atoms with van der Waals surface area (Å²) in [6, 6.07) is 12.8. The summed E-state index contributed by atoms with van der Waals surface area (Å²) in [4.78, 5) is 31.5. The van der Waals surface area contributed by atoms with Gasteiger partial charge in [0.1, 0.15) is 16.4 Å². The smallest absolute Gasteiger partial charge is 0.345 e. The molecule has 0 spiro atoms. The molecule has 3 N–H and O–H groups in total. The highest BCUT2D eigenvalue weighted by atomic mass is 32.1. The molecule has 0 aliphatic heterocycles. The second-order valence-electron chi connectivity index (χ2n) is 5.20. The van der Waals surface area contributed by atoms with Crippen LogP contribution in [0.3, 0.4) is 0 Å². The predicted molar refractivity (Wildman–Crippen MR) is 91.2 cm³/mol. The summed E-state index contributed by atoms with van der Waals surface area (Å²) in [5.74, 6) is -0.751. The van der Waals surface area contributed by atoms with Gasteiger partial charge in [0.15, 0.2) is 0 Å². The summed E-state index contributed by atoms with van der Waals surface area (Å²) in [7, 11) is 0. The molecule has 3 aromatic rings. The van der Waals surface area contributed by atoms with Gasteiger partial charge in [0.25, 0.3) is 5.91 Å². The second-order valence-corrected chi connectivity index (χ2v) is 6.28. The number of aryl methyl sites for hydroxylation is 1. The third-order valence-corrected chi connectivity index (χ3v) is 4.53. The summed E-state index contributed by atoms with van der Waals surface area (Å²) < 4.78 is 0. The Balaban J connectivity index is 1.75. The van der Waals surface area contributed by atoms with Crippen LogP contribution >= 0.6 is 11.3 Å². The summed E-state index contributed by atoms with van der Waals surface area (Å²) >= 11 is 1.11. The number of carboxylic acid groups (broad SMARTS) is 1. The highest BCUT2D eigenvalue weighted by Crippen LogP contribution is 2.26. The molecule has 0 saturated carbocycles. The summed E-state index contributed by atoms with van der Waals surface area (Å²) in [6.07, 6.45) is 0. The fourth-order valence-electron chi connectivity index (χ4n) is 2.24. The van der Waals surface area contributed by atoms with Crippen LogP contribution in [0, 0.1) is 6.92 Å². The molecule has 0 bridgehead atoms. The van der Waals surface area contributed by atoms with Crippen molar-refractivity contribution in [2.75, 3.05) is 0 Å². The van der Waals surface area contributed by atoms with Crippen LogP contribution in [0.1, 0.15) is 31.4 Å². The lowest BCUT2D eigenvalue weighted by atomic mass is 10.2. The minimum absolute atomic E-state index is 0.231. The molecule has 1 aromatic carbocycles. The number of H-pyrrole nitrogens is 1. The van der Waals surface area contributed by atoms with E-state index in [2.05, 4.69) is 15.3 Å². The molecule has 0 saturated heterocycles. The minimum Gasteiger partial charge on any atom is -0.477 e. The van der Waals surface area contributed by atoms with Crippen LogP contribution < -0.4 is 5.32 Å². The highest BCUT2D eigenvalue weighted by Gasteiger charge is 2.17. The predicted octanol–water partition coefficient (Wildman–Crippen LogP) is 3.07. The van der Waals surface area contributed by atoms with E-state index in [0.29, 0.717) is 28.6 Å². The third kappa shape index (κ3) is 3.36. The van der Waals surface area contributed by atoms with Crippen LogP contribution in [-0.2, 0) is 6.54 Å². The number of aromatic carboxylic acids is 1. The number of thiophene rings is 1. The fourth-order valence-corrected chi connectivity index (χ4v) is 3.03. The number of imidazole rings is 1. The first-order valence-electron chi connectivity index (χ1n) is 7.27. The number of benzene rings is 1. The van der Waals surface area contributed by atoms with E-state index in [0.717, 1.165) is 16.9 Å². The number of aromatic amines is 1. The zero-order chi connectivity index (χ0) is 17.1. The Bertz CT molecular complexity index is 884. The molecule has 24 heavy (non-hydrogen) atoms. The van der Waals surface area contributed by atoms with E-state index in [-0.39, 0.29) is 10.8 Å². The number of amides is 1. The maximum atomic E-state index is 12.3. The number of hydrogen-bond acceptors (Lipinski definition) is 4. The zero-order valence-electron chi connectivity index (χ0n) is 12.9. The summed E-state index contributed by atoms with van der Waals surface area (Å²) in [5.41, 5.74) is 1.95. The van der Waals surface area contributed by atoms with Crippen molar-refractivity contribution in [1.82, 2.24) is 15.3 Å². The van der Waals surface area contributed by atoms with Gasteiger partial charge < -0.3 is 15.4 Å². The van der Waals surface area contributed by atoms with Gasteiger partial charge in [0, 0.05) is 12.2 Å². The fraction of sp³-hybridized carbons (Fsp3) is 0.118. The lowest BCUT2D eigenvalue weighted by Crippen LogP contribution is -2.23. The van der Waals surface area contributed by atoms with Gasteiger partial charge in [-0.25, -0.2) is 9.78 Å². The van der Waals surface area contributed by atoms with Crippen molar-refractivity contribution in [2.24, 2.45) is 0 Å². The van der Waals surface area contributed by atoms with Crippen LogP contribution in [0.2, 0.25) is 0 Å². The minimum atomic E-state index is -0.977. The molecule has 0 aliphatic rings. The first-order chi connectivity index (χ1) is 11.5. The first kappa shape index (κ1) is 15.9. The van der Waals surface area contributed by atoms with Gasteiger partial charge in [-0.1, -0.05) is 30.3 Å². The number of carboxylic acids is 1. The van der Waals surface area contributed by atoms with Gasteiger partial charge in [-0.3, -0.25) is 4.79 Å². The van der Waals surface area contributed by atoms with Gasteiger partial charge in [-0.2, -0.15) is 0 Å². The van der Waals surface area contributed by atoms with Gasteiger partial charge in [0.05, 0.1) is 4.88 Å². The zero-order valence-corrected chi connectivity index (χ0v) is 13.7. The Morgan fingerprint density at radius 1 is 1.21 bits per heavy atom. The molecular formula is C17H15N3O3S. The average Bonchev–Trinajstić information content (AvgIpc) is 3.20. The Labute approximate surface area is 142 Å². The maximum Gasteiger partial charge on any atom is 0.345 e. The van der Waals surface area contributed by atoms with Crippen molar-refractivity contribution < 1.29 is 14.7 Å². The number of carbonyl (C=O) groups is 2. The van der Waals surface area contributed by atoms with Crippen molar-refractivity contribution in [2.45, 2.75) is 13.5 Å². The molecule has 0 unspecified atom stereocenters. The van der Waals surface area contributed by atoms with Gasteiger partial charge in [-0.15, -0.1) is 11.3 Å². The van der Waals surface area contributed by atoms with Crippen molar-refractivity contribution in [3.63, 3.8) is 0 Å². The van der Waals surface area contributed by atoms with Gasteiger partial charge in [-0.05, 0) is 24.6 Å². The molecule has 6 nitrogen and oxygen atoms in total. The van der Waals surface area contributed by atoms with Crippen LogP contribution in [0.15, 0.2) is 42.5 Å². The lowest BCUT2D eigenvalue weighted by molar-refractivity contribution is 0.0702. The molecular weight excluding hydrogens is 326 g/mol. The highest BCUT2D eigenvalue weighted by molar-refractivity contribution is 7.17. The van der Waals surface area contributed by atoms with Crippen molar-refractivity contribution in [3.05, 3.63) is 64.3 Å². The third-order valence-electron chi connectivity index (χ3n) is 3.45. The molecule has 2 aromatic heterocycles. The van der Waals surface area contributed by atoms with E-state index >= 15 is 0 Å². The molecule has 122 valence electrons. The van der Waals surface area contributed by atoms with Gasteiger partial charge >= 0.3 is 5.97 Å². The largest absolute Gasteiger partial charge is 0.477 e. The number of carbonyl (C=O) groups excluding carboxylic acids is 1. The summed E-state index contributed by atoms with van der Waals surface area (Å²) in [6.45, 7) is 2.18. The van der Waals surface area contributed by atoms with E-state index in [1.165, 1.54) is 6.07 Å². The number of hydrogen-bond donors (Lipinski definition) is 3. The molecule has 0 radical (unpaired) electrons. The number of rotatable bonds is 5. The van der Waals surface area contributed by atoms with Crippen molar-refractivity contribution in [1.29, 1.82) is 0 Å². The lowest BCUT2D eigenvalue weighted by Gasteiger charge is -2.03. The summed E-state index contributed by atoms with van der Waals surface area (Å²) in [5, 5.41) is 11.8. The molecule has 0 aliphatic carbocycles. The van der Waals surface area contributed by atoms with Crippen LogP contribution in [0.4, 0.5) is 0 Å². The molecule has 3 rings (SSSR count). The standard InChI is InChI=1S/C17H15N3O3S/c1-10-14(16(21)18-9-11-5-3-2-4-6-11)20-15(19-10)12-7-8-13(24-12)17(22)23/h2-8H,9H2,1H3,(H,18,21)(H,19,20)(H,22,23). The Morgan fingerprint density at radius 3 is 2.62 bits per heavy atom. The van der Waals surface area contributed by atoms with E-state index in [1.807, 2.05) is 30.3 Å². The van der Waals surface area contributed by atoms with Crippen molar-refractivity contribution in [3.8, 4) is 10.7 Å². The SMILES string of the molecule is Cc1[nH]c(-c2ccc(C(=O)O)s2)nc1C(=O)NCc1ccccc1. The molecule has 2 heterocycles. The number of nitrogens with zero attached hydrogens (tertiary/aromatic N) is 1. The average molecular weight is 341 g/mol. The Hall–Kier alpha value is -2.93. The van der Waals surface area contributed by atoms with Crippen LogP contribution in [-0.4, -0.2) is 27.0 Å². The van der Waals surface area contributed by atoms with E-state index in [4.69, 9.17) is 5.11 Å². The van der Waals surface area contributed by atoms with E-state index in [1.54, 1.807) is 13.0 Å². The molecule has 1 amide bonds. The number of aromatic nitrogens is 2. The van der Waals surface area contributed by atoms with E-state index < -0.39 is 5.97 Å². The first-order valence-corrected chi connectivity index (χ1v) is 8.08. The second kappa shape index (κ2) is 6.67. The molecule has 0 atom stereocenters. The van der Waals surface area contributed by atoms with Gasteiger partial charge in [0.2, 0.25) is 0 Å². The Kier molecular flexibility index (Phi) is 4.43. The molecule has 7 heteroatoms. The van der Waals surface area contributed by atoms with Crippen molar-refractivity contribution >= 4 is 23.2 Å². The van der Waals surface area contributed by atoms with E-state index in [9.17, 15) is 9.59 Å². The topological polar surface area (TPSA) is 95.1 Å².